The summed E-state index contributed by atoms with van der Waals surface area (Å²) in [6.07, 6.45) is 2.74. The van der Waals surface area contributed by atoms with Gasteiger partial charge in [-0.1, -0.05) is 42.5 Å². The Morgan fingerprint density at radius 3 is 2.26 bits per heavy atom. The topological polar surface area (TPSA) is 82.6 Å². The molecule has 0 atom stereocenters. The average molecular weight is 477 g/mol. The maximum Gasteiger partial charge on any atom is 0.123 e. The van der Waals surface area contributed by atoms with Crippen LogP contribution < -0.4 is 32.1 Å². The molecule has 0 unspecified atom stereocenters. The van der Waals surface area contributed by atoms with Gasteiger partial charge in [-0.15, -0.1) is 17.6 Å². The fraction of sp³-hybridized carbons (Fsp3) is 0.214. The third kappa shape index (κ3) is 7.01. The fourth-order valence-corrected chi connectivity index (χ4v) is 3.91. The second-order valence-corrected chi connectivity index (χ2v) is 7.73. The third-order valence-corrected chi connectivity index (χ3v) is 5.55. The molecule has 6 nitrogen and oxygen atoms in total. The first kappa shape index (κ1) is 27.3. The number of hydrogen-bond acceptors (Lipinski definition) is 6. The van der Waals surface area contributed by atoms with Crippen LogP contribution in [0.15, 0.2) is 91.9 Å². The fourth-order valence-electron chi connectivity index (χ4n) is 3.91. The van der Waals surface area contributed by atoms with Crippen LogP contribution in [0.3, 0.4) is 0 Å². The number of hydrogen-bond donors (Lipinski definition) is 4. The molecule has 3 aromatic rings. The van der Waals surface area contributed by atoms with E-state index in [4.69, 9.17) is 5.73 Å². The van der Waals surface area contributed by atoms with Crippen LogP contribution >= 0.6 is 0 Å². The zero-order chi connectivity index (χ0) is 25.8. The summed E-state index contributed by atoms with van der Waals surface area (Å²) in [5, 5.41) is 7.18. The van der Waals surface area contributed by atoms with Gasteiger partial charge >= 0.3 is 0 Å². The van der Waals surface area contributed by atoms with Crippen molar-refractivity contribution in [3.8, 4) is 11.1 Å². The minimum Gasteiger partial charge on any atom is -0.397 e. The SMILES string of the molecule is C=C.CN.Cc1cc(-c2ccccc2)ccc1N(CCc1ccc(N)c(N(C)F)c1)C1=CNCN1. The molecule has 1 aliphatic rings. The quantitative estimate of drug-likeness (QED) is 0.220. The summed E-state index contributed by atoms with van der Waals surface area (Å²) in [7, 11) is 2.86. The molecule has 35 heavy (non-hydrogen) atoms. The van der Waals surface area contributed by atoms with Gasteiger partial charge in [0, 0.05) is 25.5 Å². The molecule has 4 rings (SSSR count). The molecule has 0 fully saturated rings. The van der Waals surface area contributed by atoms with Gasteiger partial charge in [-0.05, 0) is 66.9 Å². The van der Waals surface area contributed by atoms with E-state index in [-0.39, 0.29) is 0 Å². The minimum absolute atomic E-state index is 0.396. The lowest BCUT2D eigenvalue weighted by atomic mass is 10.0. The molecule has 3 aromatic carbocycles. The predicted molar refractivity (Wildman–Crippen MR) is 149 cm³/mol. The molecule has 0 radical (unpaired) electrons. The van der Waals surface area contributed by atoms with E-state index in [1.54, 1.807) is 6.07 Å². The van der Waals surface area contributed by atoms with Crippen molar-refractivity contribution in [1.29, 1.82) is 0 Å². The highest BCUT2D eigenvalue weighted by Gasteiger charge is 2.18. The number of benzene rings is 3. The molecule has 1 heterocycles. The van der Waals surface area contributed by atoms with Crippen LogP contribution in [0.25, 0.3) is 11.1 Å². The Kier molecular flexibility index (Phi) is 10.7. The number of rotatable bonds is 7. The largest absolute Gasteiger partial charge is 0.397 e. The van der Waals surface area contributed by atoms with E-state index in [1.807, 2.05) is 24.4 Å². The Bertz CT molecular complexity index is 1100. The van der Waals surface area contributed by atoms with E-state index in [9.17, 15) is 4.48 Å². The van der Waals surface area contributed by atoms with Gasteiger partial charge in [0.2, 0.25) is 0 Å². The number of nitrogens with one attached hydrogen (secondary N) is 2. The molecule has 0 spiro atoms. The molecule has 0 amide bonds. The first-order valence-electron chi connectivity index (χ1n) is 11.5. The first-order valence-corrected chi connectivity index (χ1v) is 11.5. The number of halogens is 1. The summed E-state index contributed by atoms with van der Waals surface area (Å²) >= 11 is 0. The summed E-state index contributed by atoms with van der Waals surface area (Å²) < 4.78 is 13.7. The van der Waals surface area contributed by atoms with Crippen molar-refractivity contribution in [2.24, 2.45) is 5.73 Å². The zero-order valence-corrected chi connectivity index (χ0v) is 20.9. The zero-order valence-electron chi connectivity index (χ0n) is 20.9. The van der Waals surface area contributed by atoms with Crippen molar-refractivity contribution < 1.29 is 4.48 Å². The Morgan fingerprint density at radius 2 is 1.66 bits per heavy atom. The van der Waals surface area contributed by atoms with Gasteiger partial charge in [0.15, 0.2) is 0 Å². The molecular weight excluding hydrogens is 439 g/mol. The van der Waals surface area contributed by atoms with Gasteiger partial charge in [0.05, 0.1) is 18.0 Å². The highest BCUT2D eigenvalue weighted by Crippen LogP contribution is 2.30. The van der Waals surface area contributed by atoms with Crippen LogP contribution in [0.4, 0.5) is 21.5 Å². The van der Waals surface area contributed by atoms with Crippen LogP contribution in [0.5, 0.6) is 0 Å². The van der Waals surface area contributed by atoms with Crippen molar-refractivity contribution in [1.82, 2.24) is 10.6 Å². The maximum atomic E-state index is 13.7. The van der Waals surface area contributed by atoms with Gasteiger partial charge < -0.3 is 27.0 Å². The molecule has 0 saturated heterocycles. The predicted octanol–water partition coefficient (Wildman–Crippen LogP) is 4.94. The lowest BCUT2D eigenvalue weighted by Crippen LogP contribution is -2.32. The lowest BCUT2D eigenvalue weighted by molar-refractivity contribution is 0.476. The van der Waals surface area contributed by atoms with Crippen molar-refractivity contribution in [3.05, 3.63) is 103 Å². The van der Waals surface area contributed by atoms with Crippen molar-refractivity contribution in [2.75, 3.05) is 43.1 Å². The Morgan fingerprint density at radius 1 is 0.943 bits per heavy atom. The van der Waals surface area contributed by atoms with Crippen LogP contribution in [0, 0.1) is 6.92 Å². The molecule has 7 heteroatoms. The molecular formula is C28H37FN6. The van der Waals surface area contributed by atoms with Gasteiger partial charge in [-0.2, -0.15) is 0 Å². The van der Waals surface area contributed by atoms with Crippen LogP contribution in [0.2, 0.25) is 0 Å². The lowest BCUT2D eigenvalue weighted by Gasteiger charge is -2.28. The van der Waals surface area contributed by atoms with Gasteiger partial charge in [0.1, 0.15) is 5.82 Å². The van der Waals surface area contributed by atoms with Gasteiger partial charge in [0.25, 0.3) is 0 Å². The van der Waals surface area contributed by atoms with Gasteiger partial charge in [-0.3, -0.25) is 0 Å². The third-order valence-electron chi connectivity index (χ3n) is 5.55. The van der Waals surface area contributed by atoms with E-state index >= 15 is 0 Å². The van der Waals surface area contributed by atoms with E-state index in [0.717, 1.165) is 30.0 Å². The van der Waals surface area contributed by atoms with Crippen molar-refractivity contribution in [2.45, 2.75) is 13.3 Å². The first-order chi connectivity index (χ1) is 17.0. The molecule has 0 aromatic heterocycles. The van der Waals surface area contributed by atoms with E-state index in [1.165, 1.54) is 30.8 Å². The van der Waals surface area contributed by atoms with Crippen LogP contribution in [-0.2, 0) is 6.42 Å². The second kappa shape index (κ2) is 13.7. The summed E-state index contributed by atoms with van der Waals surface area (Å²) in [6.45, 7) is 9.58. The van der Waals surface area contributed by atoms with Crippen molar-refractivity contribution in [3.63, 3.8) is 0 Å². The average Bonchev–Trinajstić information content (AvgIpc) is 3.43. The number of nitrogens with zero attached hydrogens (tertiary/aromatic N) is 2. The number of nitrogen functional groups attached to an aromatic ring is 1. The summed E-state index contributed by atoms with van der Waals surface area (Å²) in [4.78, 5) is 2.26. The van der Waals surface area contributed by atoms with E-state index < -0.39 is 0 Å². The summed E-state index contributed by atoms with van der Waals surface area (Å²) in [5.41, 5.74) is 17.0. The molecule has 0 aliphatic carbocycles. The van der Waals surface area contributed by atoms with E-state index in [2.05, 4.69) is 83.8 Å². The number of aryl methyl sites for hydroxylation is 1. The molecule has 1 aliphatic heterocycles. The standard InChI is InChI=1S/C25H28FN5.C2H4.CH5N/c1-18-14-21(20-6-4-3-5-7-20)9-11-23(18)31(25-16-28-17-29-25)13-12-19-8-10-22(27)24(15-19)30(2)26;2*1-2/h3-11,14-16,28-29H,12-13,17,27H2,1-2H3;1-2H2;2H2,1H3. The monoisotopic (exact) mass is 476 g/mol. The normalized spacial score (nSPS) is 11.5. The highest BCUT2D eigenvalue weighted by molar-refractivity contribution is 5.70. The van der Waals surface area contributed by atoms with E-state index in [0.29, 0.717) is 23.2 Å². The molecule has 6 N–H and O–H groups in total. The molecule has 0 saturated carbocycles. The highest BCUT2D eigenvalue weighted by atomic mass is 19.2. The second-order valence-electron chi connectivity index (χ2n) is 7.73. The summed E-state index contributed by atoms with van der Waals surface area (Å²) in [5.74, 6) is 1.02. The van der Waals surface area contributed by atoms with Crippen LogP contribution in [-0.4, -0.2) is 27.3 Å². The molecule has 186 valence electrons. The summed E-state index contributed by atoms with van der Waals surface area (Å²) in [6, 6.07) is 22.5. The Balaban J connectivity index is 0.00000103. The molecule has 0 bridgehead atoms. The maximum absolute atomic E-state index is 13.7. The smallest absolute Gasteiger partial charge is 0.123 e. The number of anilines is 3. The Labute approximate surface area is 208 Å². The van der Waals surface area contributed by atoms with Gasteiger partial charge in [-0.25, -0.2) is 5.12 Å². The van der Waals surface area contributed by atoms with Crippen LogP contribution in [0.1, 0.15) is 11.1 Å². The van der Waals surface area contributed by atoms with Crippen molar-refractivity contribution >= 4 is 17.1 Å². The Hall–Kier alpha value is -3.97. The number of nitrogens with two attached hydrogens (primary N) is 2. The minimum atomic E-state index is 0.396.